The normalized spacial score (nSPS) is 10.3. The van der Waals surface area contributed by atoms with Gasteiger partial charge in [-0.25, -0.2) is 4.98 Å². The van der Waals surface area contributed by atoms with Crippen molar-refractivity contribution in [1.82, 2.24) is 4.98 Å². The zero-order chi connectivity index (χ0) is 13.0. The molecule has 0 unspecified atom stereocenters. The van der Waals surface area contributed by atoms with E-state index in [2.05, 4.69) is 22.9 Å². The predicted octanol–water partition coefficient (Wildman–Crippen LogP) is 3.00. The smallest absolute Gasteiger partial charge is 0.129 e. The summed E-state index contributed by atoms with van der Waals surface area (Å²) in [4.78, 5) is 6.78. The fourth-order valence-electron chi connectivity index (χ4n) is 1.94. The van der Waals surface area contributed by atoms with Gasteiger partial charge in [-0.2, -0.15) is 0 Å². The molecular weight excluding hydrogens is 222 g/mol. The Hall–Kier alpha value is -2.03. The third-order valence-corrected chi connectivity index (χ3v) is 3.00. The third kappa shape index (κ3) is 2.80. The van der Waals surface area contributed by atoms with E-state index in [0.29, 0.717) is 0 Å². The lowest BCUT2D eigenvalue weighted by molar-refractivity contribution is 0.812. The first kappa shape index (κ1) is 12.4. The topological polar surface area (TPSA) is 42.1 Å². The van der Waals surface area contributed by atoms with E-state index in [1.807, 2.05) is 43.3 Å². The highest BCUT2D eigenvalue weighted by atomic mass is 15.2. The fourth-order valence-corrected chi connectivity index (χ4v) is 1.94. The second-order valence-electron chi connectivity index (χ2n) is 4.35. The summed E-state index contributed by atoms with van der Waals surface area (Å²) in [5.74, 6) is 1.00. The van der Waals surface area contributed by atoms with Gasteiger partial charge in [-0.3, -0.25) is 0 Å². The molecule has 3 nitrogen and oxygen atoms in total. The molecule has 1 aromatic heterocycles. The maximum Gasteiger partial charge on any atom is 0.129 e. The Bertz CT molecular complexity index is 523. The summed E-state index contributed by atoms with van der Waals surface area (Å²) < 4.78 is 0. The Morgan fingerprint density at radius 2 is 1.89 bits per heavy atom. The quantitative estimate of drug-likeness (QED) is 0.837. The molecule has 0 atom stereocenters. The number of pyridine rings is 1. The van der Waals surface area contributed by atoms with Gasteiger partial charge in [0.1, 0.15) is 5.82 Å². The lowest BCUT2D eigenvalue weighted by Crippen LogP contribution is -2.23. The number of para-hydroxylation sites is 1. The van der Waals surface area contributed by atoms with Crippen molar-refractivity contribution in [2.45, 2.75) is 20.4 Å². The Kier molecular flexibility index (Phi) is 3.82. The van der Waals surface area contributed by atoms with Gasteiger partial charge in [0.15, 0.2) is 0 Å². The Morgan fingerprint density at radius 3 is 2.56 bits per heavy atom. The number of nitrogens with zero attached hydrogens (tertiary/aromatic N) is 2. The molecule has 2 rings (SSSR count). The Balaban J connectivity index is 2.23. The van der Waals surface area contributed by atoms with Gasteiger partial charge in [0, 0.05) is 24.5 Å². The molecule has 0 radical (unpaired) electrons. The van der Waals surface area contributed by atoms with Crippen molar-refractivity contribution in [1.29, 1.82) is 0 Å². The molecule has 3 heteroatoms. The van der Waals surface area contributed by atoms with E-state index in [9.17, 15) is 0 Å². The average Bonchev–Trinajstić information content (AvgIpc) is 2.38. The van der Waals surface area contributed by atoms with E-state index in [4.69, 9.17) is 5.73 Å². The molecule has 2 aromatic rings. The predicted molar refractivity (Wildman–Crippen MR) is 76.6 cm³/mol. The van der Waals surface area contributed by atoms with Crippen LogP contribution < -0.4 is 10.6 Å². The lowest BCUT2D eigenvalue weighted by atomic mass is 10.1. The van der Waals surface area contributed by atoms with Crippen LogP contribution in [0, 0.1) is 6.92 Å². The maximum atomic E-state index is 5.98. The minimum atomic E-state index is 0.791. The van der Waals surface area contributed by atoms with Crippen LogP contribution in [0.2, 0.25) is 0 Å². The molecule has 94 valence electrons. The van der Waals surface area contributed by atoms with Gasteiger partial charge in [0.25, 0.3) is 0 Å². The summed E-state index contributed by atoms with van der Waals surface area (Å²) in [5.41, 5.74) is 9.00. The van der Waals surface area contributed by atoms with Gasteiger partial charge in [0.05, 0.1) is 0 Å². The van der Waals surface area contributed by atoms with Crippen LogP contribution in [0.4, 0.5) is 11.5 Å². The molecule has 0 amide bonds. The van der Waals surface area contributed by atoms with Gasteiger partial charge in [-0.15, -0.1) is 0 Å². The summed E-state index contributed by atoms with van der Waals surface area (Å²) >= 11 is 0. The summed E-state index contributed by atoms with van der Waals surface area (Å²) in [7, 11) is 0. The molecule has 0 aliphatic carbocycles. The number of rotatable bonds is 4. The van der Waals surface area contributed by atoms with E-state index in [1.165, 1.54) is 0 Å². The SMILES string of the molecule is CCN(Cc1ccccc1N)c1cccc(C)n1. The first-order chi connectivity index (χ1) is 8.70. The molecule has 0 fully saturated rings. The van der Waals surface area contributed by atoms with Crippen molar-refractivity contribution in [3.8, 4) is 0 Å². The van der Waals surface area contributed by atoms with Gasteiger partial charge in [-0.05, 0) is 37.6 Å². The molecule has 0 saturated carbocycles. The van der Waals surface area contributed by atoms with Gasteiger partial charge in [-0.1, -0.05) is 24.3 Å². The van der Waals surface area contributed by atoms with Crippen molar-refractivity contribution in [2.24, 2.45) is 0 Å². The molecule has 0 aliphatic heterocycles. The number of anilines is 2. The van der Waals surface area contributed by atoms with Crippen molar-refractivity contribution < 1.29 is 0 Å². The Labute approximate surface area is 108 Å². The van der Waals surface area contributed by atoms with Crippen LogP contribution in [0.15, 0.2) is 42.5 Å². The molecule has 0 aliphatic rings. The van der Waals surface area contributed by atoms with Crippen molar-refractivity contribution >= 4 is 11.5 Å². The highest BCUT2D eigenvalue weighted by Crippen LogP contribution is 2.18. The molecule has 0 bridgehead atoms. The standard InChI is InChI=1S/C15H19N3/c1-3-18(15-10-6-7-12(2)17-15)11-13-8-4-5-9-14(13)16/h4-10H,3,11,16H2,1-2H3. The zero-order valence-corrected chi connectivity index (χ0v) is 10.9. The Morgan fingerprint density at radius 1 is 1.11 bits per heavy atom. The number of hydrogen-bond acceptors (Lipinski definition) is 3. The molecule has 0 spiro atoms. The van der Waals surface area contributed by atoms with E-state index in [0.717, 1.165) is 35.9 Å². The molecular formula is C15H19N3. The minimum Gasteiger partial charge on any atom is -0.398 e. The van der Waals surface area contributed by atoms with Gasteiger partial charge < -0.3 is 10.6 Å². The van der Waals surface area contributed by atoms with E-state index >= 15 is 0 Å². The zero-order valence-electron chi connectivity index (χ0n) is 10.9. The van der Waals surface area contributed by atoms with Crippen LogP contribution in [0.25, 0.3) is 0 Å². The van der Waals surface area contributed by atoms with Crippen molar-refractivity contribution in [3.63, 3.8) is 0 Å². The number of benzene rings is 1. The summed E-state index contributed by atoms with van der Waals surface area (Å²) in [5, 5.41) is 0. The molecule has 18 heavy (non-hydrogen) atoms. The second kappa shape index (κ2) is 5.54. The minimum absolute atomic E-state index is 0.791. The largest absolute Gasteiger partial charge is 0.398 e. The first-order valence-electron chi connectivity index (χ1n) is 6.22. The number of nitrogen functional groups attached to an aromatic ring is 1. The molecule has 1 heterocycles. The van der Waals surface area contributed by atoms with Crippen LogP contribution in [-0.4, -0.2) is 11.5 Å². The highest BCUT2D eigenvalue weighted by Gasteiger charge is 2.08. The van der Waals surface area contributed by atoms with Gasteiger partial charge >= 0.3 is 0 Å². The number of nitrogens with two attached hydrogens (primary N) is 1. The maximum absolute atomic E-state index is 5.98. The summed E-state index contributed by atoms with van der Waals surface area (Å²) in [6.07, 6.45) is 0. The second-order valence-corrected chi connectivity index (χ2v) is 4.35. The first-order valence-corrected chi connectivity index (χ1v) is 6.22. The van der Waals surface area contributed by atoms with Crippen LogP contribution in [0.1, 0.15) is 18.2 Å². The van der Waals surface area contributed by atoms with Crippen LogP contribution in [0.3, 0.4) is 0 Å². The molecule has 1 aromatic carbocycles. The highest BCUT2D eigenvalue weighted by molar-refractivity contribution is 5.49. The van der Waals surface area contributed by atoms with E-state index < -0.39 is 0 Å². The average molecular weight is 241 g/mol. The monoisotopic (exact) mass is 241 g/mol. The number of aryl methyl sites for hydroxylation is 1. The van der Waals surface area contributed by atoms with Crippen LogP contribution in [0.5, 0.6) is 0 Å². The van der Waals surface area contributed by atoms with E-state index in [1.54, 1.807) is 0 Å². The molecule has 2 N–H and O–H groups in total. The molecule has 0 saturated heterocycles. The lowest BCUT2D eigenvalue weighted by Gasteiger charge is -2.23. The van der Waals surface area contributed by atoms with Crippen LogP contribution in [-0.2, 0) is 6.54 Å². The van der Waals surface area contributed by atoms with Crippen molar-refractivity contribution in [2.75, 3.05) is 17.2 Å². The summed E-state index contributed by atoms with van der Waals surface area (Å²) in [6, 6.07) is 14.1. The van der Waals surface area contributed by atoms with E-state index in [-0.39, 0.29) is 0 Å². The number of hydrogen-bond donors (Lipinski definition) is 1. The van der Waals surface area contributed by atoms with Crippen LogP contribution >= 0.6 is 0 Å². The number of aromatic nitrogens is 1. The fraction of sp³-hybridized carbons (Fsp3) is 0.267. The van der Waals surface area contributed by atoms with Crippen molar-refractivity contribution in [3.05, 3.63) is 53.7 Å². The van der Waals surface area contributed by atoms with Gasteiger partial charge in [0.2, 0.25) is 0 Å². The third-order valence-electron chi connectivity index (χ3n) is 3.00. The summed E-state index contributed by atoms with van der Waals surface area (Å²) in [6.45, 7) is 5.84.